The lowest BCUT2D eigenvalue weighted by Crippen LogP contribution is -2.34. The van der Waals surface area contributed by atoms with E-state index in [0.717, 1.165) is 19.3 Å². The third-order valence-corrected chi connectivity index (χ3v) is 3.44. The molecule has 0 fully saturated rings. The Bertz CT molecular complexity index is 376. The predicted molar refractivity (Wildman–Crippen MR) is 81.5 cm³/mol. The normalized spacial score (nSPS) is 11.3. The van der Waals surface area contributed by atoms with Gasteiger partial charge in [0.05, 0.1) is 0 Å². The van der Waals surface area contributed by atoms with Crippen LogP contribution in [0.3, 0.4) is 0 Å². The molecule has 0 bridgehead atoms. The summed E-state index contributed by atoms with van der Waals surface area (Å²) < 4.78 is 0. The van der Waals surface area contributed by atoms with E-state index >= 15 is 0 Å². The van der Waals surface area contributed by atoms with E-state index in [1.807, 2.05) is 18.2 Å². The minimum absolute atomic E-state index is 0.0802. The molecule has 0 atom stereocenters. The molecule has 0 aliphatic carbocycles. The molecule has 0 saturated heterocycles. The standard InChI is InChI=1S/C16H24ClNO/c1-16(2,11-12-17)13-18-15(19)10-6-9-14-7-4-3-5-8-14/h3-5,7-8H,6,9-13H2,1-2H3,(H,18,19). The maximum Gasteiger partial charge on any atom is 0.220 e. The molecule has 1 rings (SSSR count). The van der Waals surface area contributed by atoms with Crippen LogP contribution < -0.4 is 5.32 Å². The van der Waals surface area contributed by atoms with Gasteiger partial charge in [0.25, 0.3) is 0 Å². The molecule has 0 heterocycles. The van der Waals surface area contributed by atoms with Crippen molar-refractivity contribution in [2.45, 2.75) is 39.5 Å². The molecule has 0 aliphatic heterocycles. The molecule has 1 amide bonds. The second-order valence-electron chi connectivity index (χ2n) is 5.72. The molecule has 1 N–H and O–H groups in total. The highest BCUT2D eigenvalue weighted by molar-refractivity contribution is 6.17. The van der Waals surface area contributed by atoms with Crippen molar-refractivity contribution in [3.63, 3.8) is 0 Å². The van der Waals surface area contributed by atoms with Gasteiger partial charge in [-0.05, 0) is 30.2 Å². The van der Waals surface area contributed by atoms with Crippen molar-refractivity contribution in [3.05, 3.63) is 35.9 Å². The Morgan fingerprint density at radius 2 is 1.95 bits per heavy atom. The number of hydrogen-bond donors (Lipinski definition) is 1. The van der Waals surface area contributed by atoms with Crippen molar-refractivity contribution < 1.29 is 4.79 Å². The van der Waals surface area contributed by atoms with Gasteiger partial charge in [-0.3, -0.25) is 4.79 Å². The van der Waals surface area contributed by atoms with Crippen LogP contribution in [0.1, 0.15) is 38.7 Å². The summed E-state index contributed by atoms with van der Waals surface area (Å²) in [6.45, 7) is 4.95. The van der Waals surface area contributed by atoms with Crippen LogP contribution in [0.5, 0.6) is 0 Å². The van der Waals surface area contributed by atoms with E-state index in [2.05, 4.69) is 31.3 Å². The zero-order chi connectivity index (χ0) is 14.1. The van der Waals surface area contributed by atoms with Crippen molar-refractivity contribution in [1.29, 1.82) is 0 Å². The number of benzene rings is 1. The first kappa shape index (κ1) is 16.0. The summed E-state index contributed by atoms with van der Waals surface area (Å²) in [6.07, 6.45) is 3.36. The summed E-state index contributed by atoms with van der Waals surface area (Å²) in [5.74, 6) is 0.773. The fourth-order valence-corrected chi connectivity index (χ4v) is 2.38. The molecule has 106 valence electrons. The fraction of sp³-hybridized carbons (Fsp3) is 0.562. The lowest BCUT2D eigenvalue weighted by atomic mass is 9.90. The number of alkyl halides is 1. The zero-order valence-electron chi connectivity index (χ0n) is 11.9. The van der Waals surface area contributed by atoms with Gasteiger partial charge in [0.1, 0.15) is 0 Å². The number of rotatable bonds is 8. The molecule has 3 heteroatoms. The maximum atomic E-state index is 11.7. The minimum Gasteiger partial charge on any atom is -0.356 e. The molecule has 19 heavy (non-hydrogen) atoms. The van der Waals surface area contributed by atoms with E-state index in [0.29, 0.717) is 18.8 Å². The van der Waals surface area contributed by atoms with E-state index in [-0.39, 0.29) is 11.3 Å². The molecule has 0 radical (unpaired) electrons. The topological polar surface area (TPSA) is 29.1 Å². The first-order valence-corrected chi connectivity index (χ1v) is 7.43. The minimum atomic E-state index is 0.0802. The van der Waals surface area contributed by atoms with Gasteiger partial charge in [-0.2, -0.15) is 0 Å². The molecule has 0 spiro atoms. The van der Waals surface area contributed by atoms with Crippen LogP contribution in [0.4, 0.5) is 0 Å². The summed E-state index contributed by atoms with van der Waals surface area (Å²) in [5, 5.41) is 3.00. The highest BCUT2D eigenvalue weighted by atomic mass is 35.5. The van der Waals surface area contributed by atoms with Crippen LogP contribution in [0, 0.1) is 5.41 Å². The van der Waals surface area contributed by atoms with Crippen LogP contribution in [0.2, 0.25) is 0 Å². The number of nitrogens with one attached hydrogen (secondary N) is 1. The quantitative estimate of drug-likeness (QED) is 0.722. The molecular formula is C16H24ClNO. The van der Waals surface area contributed by atoms with Crippen molar-refractivity contribution in [2.24, 2.45) is 5.41 Å². The van der Waals surface area contributed by atoms with E-state index in [1.54, 1.807) is 0 Å². The summed E-state index contributed by atoms with van der Waals surface area (Å²) in [6, 6.07) is 10.3. The van der Waals surface area contributed by atoms with E-state index < -0.39 is 0 Å². The second-order valence-corrected chi connectivity index (χ2v) is 6.10. The number of halogens is 1. The Morgan fingerprint density at radius 1 is 1.26 bits per heavy atom. The summed E-state index contributed by atoms with van der Waals surface area (Å²) in [7, 11) is 0. The largest absolute Gasteiger partial charge is 0.356 e. The first-order chi connectivity index (χ1) is 9.03. The van der Waals surface area contributed by atoms with Crippen molar-refractivity contribution in [2.75, 3.05) is 12.4 Å². The van der Waals surface area contributed by atoms with Gasteiger partial charge in [-0.1, -0.05) is 44.2 Å². The number of carbonyl (C=O) groups is 1. The Labute approximate surface area is 121 Å². The van der Waals surface area contributed by atoms with Gasteiger partial charge in [-0.25, -0.2) is 0 Å². The van der Waals surface area contributed by atoms with Gasteiger partial charge in [0, 0.05) is 18.8 Å². The molecule has 0 aliphatic rings. The van der Waals surface area contributed by atoms with Gasteiger partial charge in [0.2, 0.25) is 5.91 Å². The van der Waals surface area contributed by atoms with Crippen molar-refractivity contribution in [1.82, 2.24) is 5.32 Å². The Hall–Kier alpha value is -1.02. The number of aryl methyl sites for hydroxylation is 1. The van der Waals surface area contributed by atoms with Gasteiger partial charge >= 0.3 is 0 Å². The van der Waals surface area contributed by atoms with Crippen LogP contribution in [-0.4, -0.2) is 18.3 Å². The number of carbonyl (C=O) groups excluding carboxylic acids is 1. The van der Waals surface area contributed by atoms with Gasteiger partial charge in [0.15, 0.2) is 0 Å². The molecule has 1 aromatic rings. The second kappa shape index (κ2) is 8.21. The Kier molecular flexibility index (Phi) is 6.93. The number of hydrogen-bond acceptors (Lipinski definition) is 1. The Morgan fingerprint density at radius 3 is 2.58 bits per heavy atom. The van der Waals surface area contributed by atoms with Crippen molar-refractivity contribution >= 4 is 17.5 Å². The summed E-state index contributed by atoms with van der Waals surface area (Å²) >= 11 is 5.74. The highest BCUT2D eigenvalue weighted by Crippen LogP contribution is 2.19. The molecule has 0 aromatic heterocycles. The van der Waals surface area contributed by atoms with Crippen molar-refractivity contribution in [3.8, 4) is 0 Å². The number of amides is 1. The molecule has 0 unspecified atom stereocenters. The monoisotopic (exact) mass is 281 g/mol. The first-order valence-electron chi connectivity index (χ1n) is 6.90. The highest BCUT2D eigenvalue weighted by Gasteiger charge is 2.17. The summed E-state index contributed by atoms with van der Waals surface area (Å²) in [4.78, 5) is 11.7. The third kappa shape index (κ3) is 7.22. The lowest BCUT2D eigenvalue weighted by molar-refractivity contribution is -0.121. The molecule has 1 aromatic carbocycles. The average Bonchev–Trinajstić information content (AvgIpc) is 2.38. The predicted octanol–water partition coefficient (Wildman–Crippen LogP) is 3.78. The van der Waals surface area contributed by atoms with Crippen LogP contribution in [0.25, 0.3) is 0 Å². The smallest absolute Gasteiger partial charge is 0.220 e. The SMILES string of the molecule is CC(C)(CCCl)CNC(=O)CCCc1ccccc1. The summed E-state index contributed by atoms with van der Waals surface area (Å²) in [5.41, 5.74) is 1.37. The van der Waals surface area contributed by atoms with Gasteiger partial charge < -0.3 is 5.32 Å². The van der Waals surface area contributed by atoms with E-state index in [1.165, 1.54) is 5.56 Å². The lowest BCUT2D eigenvalue weighted by Gasteiger charge is -2.23. The zero-order valence-corrected chi connectivity index (χ0v) is 12.7. The van der Waals surface area contributed by atoms with E-state index in [4.69, 9.17) is 11.6 Å². The molecular weight excluding hydrogens is 258 g/mol. The molecule has 0 saturated carbocycles. The fourth-order valence-electron chi connectivity index (χ4n) is 1.87. The van der Waals surface area contributed by atoms with Crippen LogP contribution >= 0.6 is 11.6 Å². The maximum absolute atomic E-state index is 11.7. The molecule has 2 nitrogen and oxygen atoms in total. The Balaban J connectivity index is 2.18. The van der Waals surface area contributed by atoms with Gasteiger partial charge in [-0.15, -0.1) is 11.6 Å². The van der Waals surface area contributed by atoms with Crippen LogP contribution in [0.15, 0.2) is 30.3 Å². The van der Waals surface area contributed by atoms with E-state index in [9.17, 15) is 4.79 Å². The van der Waals surface area contributed by atoms with Crippen LogP contribution in [-0.2, 0) is 11.2 Å². The third-order valence-electron chi connectivity index (χ3n) is 3.25. The average molecular weight is 282 g/mol.